The number of thiocarbonyl (C=S) groups is 1. The first-order valence-corrected chi connectivity index (χ1v) is 16.3. The number of fused-ring (bicyclic) bond motifs is 1. The molecular formula is C35H33N3O6S2. The number of rotatable bonds is 12. The molecule has 236 valence electrons. The van der Waals surface area contributed by atoms with Crippen molar-refractivity contribution >= 4 is 57.2 Å². The molecule has 1 amide bonds. The Bertz CT molecular complexity index is 1770. The van der Waals surface area contributed by atoms with Gasteiger partial charge in [0.15, 0.2) is 0 Å². The van der Waals surface area contributed by atoms with E-state index >= 15 is 0 Å². The quantitative estimate of drug-likeness (QED) is 0.111. The summed E-state index contributed by atoms with van der Waals surface area (Å²) in [6, 6.07) is 22.4. The van der Waals surface area contributed by atoms with Crippen LogP contribution in [0.2, 0.25) is 0 Å². The van der Waals surface area contributed by atoms with Gasteiger partial charge in [-0.1, -0.05) is 48.2 Å². The number of amides is 1. The van der Waals surface area contributed by atoms with Gasteiger partial charge in [-0.3, -0.25) is 19.6 Å². The Morgan fingerprint density at radius 3 is 2.59 bits per heavy atom. The number of morpholine rings is 1. The smallest absolute Gasteiger partial charge is 0.335 e. The average molecular weight is 656 g/mol. The SMILES string of the molecule is O=C(O)c1ccc(OCCCN2C(=O)C(=Cc3cc(-c4cnc5ccccc5c4)ccc3OCCN3CCOCC3)SC2=S)cc1. The fourth-order valence-electron chi connectivity index (χ4n) is 5.25. The number of carboxylic acids is 1. The van der Waals surface area contributed by atoms with Gasteiger partial charge in [-0.15, -0.1) is 0 Å². The summed E-state index contributed by atoms with van der Waals surface area (Å²) in [4.78, 5) is 33.6. The van der Waals surface area contributed by atoms with Crippen molar-refractivity contribution in [2.24, 2.45) is 0 Å². The van der Waals surface area contributed by atoms with Crippen molar-refractivity contribution in [3.8, 4) is 22.6 Å². The molecule has 3 aromatic carbocycles. The number of aromatic nitrogens is 1. The zero-order valence-electron chi connectivity index (χ0n) is 25.1. The molecule has 9 nitrogen and oxygen atoms in total. The van der Waals surface area contributed by atoms with Crippen LogP contribution in [0.4, 0.5) is 0 Å². The van der Waals surface area contributed by atoms with E-state index in [0.717, 1.165) is 60.4 Å². The highest BCUT2D eigenvalue weighted by molar-refractivity contribution is 8.26. The van der Waals surface area contributed by atoms with Gasteiger partial charge in [0.25, 0.3) is 5.91 Å². The van der Waals surface area contributed by atoms with Crippen LogP contribution in [0.15, 0.2) is 83.9 Å². The molecule has 11 heteroatoms. The lowest BCUT2D eigenvalue weighted by molar-refractivity contribution is -0.122. The zero-order valence-corrected chi connectivity index (χ0v) is 26.7. The Hall–Kier alpha value is -4.29. The third kappa shape index (κ3) is 7.73. The molecule has 46 heavy (non-hydrogen) atoms. The van der Waals surface area contributed by atoms with Crippen LogP contribution in [0.5, 0.6) is 11.5 Å². The van der Waals surface area contributed by atoms with Gasteiger partial charge in [-0.2, -0.15) is 0 Å². The second kappa shape index (κ2) is 14.9. The standard InChI is InChI=1S/C35H33N3O6S2/c39-33-32(46-35(45)38(33)12-3-16-43-29-9-6-24(7-10-29)34(40)41)22-27-20-25(28-21-26-4-1-2-5-30(26)36-23-28)8-11-31(27)44-19-15-37-13-17-42-18-14-37/h1-2,4-11,20-23H,3,12-19H2,(H,40,41). The van der Waals surface area contributed by atoms with Crippen molar-refractivity contribution < 1.29 is 28.9 Å². The predicted octanol–water partition coefficient (Wildman–Crippen LogP) is 5.98. The van der Waals surface area contributed by atoms with Crippen molar-refractivity contribution in [1.82, 2.24) is 14.8 Å². The minimum atomic E-state index is -0.988. The van der Waals surface area contributed by atoms with Gasteiger partial charge in [0.1, 0.15) is 22.4 Å². The molecule has 0 radical (unpaired) electrons. The van der Waals surface area contributed by atoms with E-state index in [1.807, 2.05) is 54.7 Å². The summed E-state index contributed by atoms with van der Waals surface area (Å²) in [6.07, 6.45) is 4.28. The van der Waals surface area contributed by atoms with Gasteiger partial charge >= 0.3 is 5.97 Å². The van der Waals surface area contributed by atoms with Gasteiger partial charge < -0.3 is 19.3 Å². The van der Waals surface area contributed by atoms with E-state index in [9.17, 15) is 9.59 Å². The lowest BCUT2D eigenvalue weighted by Crippen LogP contribution is -2.38. The van der Waals surface area contributed by atoms with E-state index in [-0.39, 0.29) is 11.5 Å². The van der Waals surface area contributed by atoms with Crippen molar-refractivity contribution in [3.63, 3.8) is 0 Å². The Labute approximate surface area is 276 Å². The number of hydrogen-bond acceptors (Lipinski definition) is 9. The van der Waals surface area contributed by atoms with Gasteiger partial charge in [0, 0.05) is 48.9 Å². The summed E-state index contributed by atoms with van der Waals surface area (Å²) in [5.41, 5.74) is 3.86. The number of aromatic carboxylic acids is 1. The molecule has 1 aromatic heterocycles. The molecule has 2 fully saturated rings. The number of carbonyl (C=O) groups excluding carboxylic acids is 1. The normalized spacial score (nSPS) is 16.3. The second-order valence-corrected chi connectivity index (χ2v) is 12.5. The molecule has 0 unspecified atom stereocenters. The molecule has 0 atom stereocenters. The number of carbonyl (C=O) groups is 2. The lowest BCUT2D eigenvalue weighted by atomic mass is 10.0. The fourth-order valence-corrected chi connectivity index (χ4v) is 6.55. The summed E-state index contributed by atoms with van der Waals surface area (Å²) in [7, 11) is 0. The molecule has 3 heterocycles. The minimum absolute atomic E-state index is 0.155. The van der Waals surface area contributed by atoms with Crippen LogP contribution in [0, 0.1) is 0 Å². The van der Waals surface area contributed by atoms with E-state index in [4.69, 9.17) is 31.5 Å². The Kier molecular flexibility index (Phi) is 10.2. The highest BCUT2D eigenvalue weighted by Crippen LogP contribution is 2.36. The van der Waals surface area contributed by atoms with Gasteiger partial charge in [-0.25, -0.2) is 4.79 Å². The maximum atomic E-state index is 13.5. The van der Waals surface area contributed by atoms with Crippen molar-refractivity contribution in [2.75, 3.05) is 52.6 Å². The summed E-state index contributed by atoms with van der Waals surface area (Å²) in [6.45, 7) is 5.28. The molecule has 0 bridgehead atoms. The largest absolute Gasteiger partial charge is 0.494 e. The van der Waals surface area contributed by atoms with Crippen LogP contribution in [0.25, 0.3) is 28.1 Å². The first-order valence-electron chi connectivity index (χ1n) is 15.1. The Balaban J connectivity index is 1.16. The zero-order chi connectivity index (χ0) is 31.9. The molecule has 4 aromatic rings. The van der Waals surface area contributed by atoms with Crippen LogP contribution < -0.4 is 9.47 Å². The van der Waals surface area contributed by atoms with E-state index in [0.29, 0.717) is 46.9 Å². The summed E-state index contributed by atoms with van der Waals surface area (Å²) >= 11 is 6.87. The third-order valence-corrected chi connectivity index (χ3v) is 9.14. The first kappa shape index (κ1) is 31.7. The summed E-state index contributed by atoms with van der Waals surface area (Å²) < 4.78 is 18.0. The van der Waals surface area contributed by atoms with E-state index in [1.165, 1.54) is 23.9 Å². The molecule has 1 N–H and O–H groups in total. The first-order chi connectivity index (χ1) is 22.4. The number of hydrogen-bond donors (Lipinski definition) is 1. The summed E-state index contributed by atoms with van der Waals surface area (Å²) in [5.74, 6) is 0.118. The molecule has 0 aliphatic carbocycles. The predicted molar refractivity (Wildman–Crippen MR) is 183 cm³/mol. The number of thioether (sulfide) groups is 1. The molecular weight excluding hydrogens is 623 g/mol. The van der Waals surface area contributed by atoms with Crippen LogP contribution in [-0.4, -0.2) is 88.7 Å². The number of carboxylic acid groups (broad SMARTS) is 1. The number of benzene rings is 3. The maximum Gasteiger partial charge on any atom is 0.335 e. The van der Waals surface area contributed by atoms with Crippen LogP contribution >= 0.6 is 24.0 Å². The lowest BCUT2D eigenvalue weighted by Gasteiger charge is -2.26. The fraction of sp³-hybridized carbons (Fsp3) is 0.257. The summed E-state index contributed by atoms with van der Waals surface area (Å²) in [5, 5.41) is 10.1. The van der Waals surface area contributed by atoms with Crippen LogP contribution in [0.1, 0.15) is 22.3 Å². The van der Waals surface area contributed by atoms with Crippen molar-refractivity contribution in [1.29, 1.82) is 0 Å². The second-order valence-electron chi connectivity index (χ2n) is 10.8. The average Bonchev–Trinajstić information content (AvgIpc) is 3.35. The van der Waals surface area contributed by atoms with E-state index in [1.54, 1.807) is 17.0 Å². The van der Waals surface area contributed by atoms with Crippen molar-refractivity contribution in [2.45, 2.75) is 6.42 Å². The van der Waals surface area contributed by atoms with Gasteiger partial charge in [0.2, 0.25) is 0 Å². The molecule has 2 saturated heterocycles. The molecule has 2 aliphatic rings. The van der Waals surface area contributed by atoms with Gasteiger partial charge in [0.05, 0.1) is 35.8 Å². The van der Waals surface area contributed by atoms with E-state index in [2.05, 4.69) is 16.0 Å². The third-order valence-electron chi connectivity index (χ3n) is 7.76. The molecule has 0 spiro atoms. The number of pyridine rings is 1. The minimum Gasteiger partial charge on any atom is -0.494 e. The molecule has 0 saturated carbocycles. The number of nitrogens with zero attached hydrogens (tertiary/aromatic N) is 3. The maximum absolute atomic E-state index is 13.5. The number of ether oxygens (including phenoxy) is 3. The van der Waals surface area contributed by atoms with Crippen LogP contribution in [0.3, 0.4) is 0 Å². The van der Waals surface area contributed by atoms with Gasteiger partial charge in [-0.05, 0) is 66.6 Å². The highest BCUT2D eigenvalue weighted by atomic mass is 32.2. The monoisotopic (exact) mass is 655 g/mol. The Morgan fingerprint density at radius 2 is 1.78 bits per heavy atom. The molecule has 6 rings (SSSR count). The Morgan fingerprint density at radius 1 is 0.978 bits per heavy atom. The number of para-hydroxylation sites is 1. The van der Waals surface area contributed by atoms with Crippen LogP contribution in [-0.2, 0) is 9.53 Å². The molecule has 2 aliphatic heterocycles. The highest BCUT2D eigenvalue weighted by Gasteiger charge is 2.32. The van der Waals surface area contributed by atoms with Crippen molar-refractivity contribution in [3.05, 3.63) is 95.0 Å². The van der Waals surface area contributed by atoms with E-state index < -0.39 is 5.97 Å². The topological polar surface area (TPSA) is 101 Å².